The highest BCUT2D eigenvalue weighted by Crippen LogP contribution is 2.43. The van der Waals surface area contributed by atoms with Crippen LogP contribution in [0.3, 0.4) is 0 Å². The van der Waals surface area contributed by atoms with Gasteiger partial charge < -0.3 is 9.16 Å². The van der Waals surface area contributed by atoms with Crippen LogP contribution in [-0.4, -0.2) is 27.0 Å². The fraction of sp³-hybridized carbons (Fsp3) is 0.607. The van der Waals surface area contributed by atoms with E-state index >= 15 is 0 Å². The summed E-state index contributed by atoms with van der Waals surface area (Å²) in [6.07, 6.45) is 14.5. The molecule has 0 bridgehead atoms. The van der Waals surface area contributed by atoms with Gasteiger partial charge >= 0.3 is 5.97 Å². The van der Waals surface area contributed by atoms with Crippen molar-refractivity contribution in [2.45, 2.75) is 99.4 Å². The van der Waals surface area contributed by atoms with Gasteiger partial charge in [-0.2, -0.15) is 0 Å². The molecule has 0 aromatic heterocycles. The highest BCUT2D eigenvalue weighted by molar-refractivity contribution is 6.73. The standard InChI is InChI=1S/C28H46O3Si/c1-10-30-27(29)21-23(6)16-14-15-22(5)17-18-25-24(7)26(19-20-28(25,8)9)31-32(11-2,12-3)13-4/h14-18,21,26H,10-13,19-20H2,1-9H3/b16-14+,18-17+,22-15+,23-21+. The Balaban J connectivity index is 3.03. The molecule has 1 atom stereocenters. The van der Waals surface area contributed by atoms with Crippen LogP contribution in [0.15, 0.2) is 58.7 Å². The minimum absolute atomic E-state index is 0.157. The molecule has 180 valence electrons. The third-order valence-corrected chi connectivity index (χ3v) is 11.5. The van der Waals surface area contributed by atoms with Gasteiger partial charge in [0.15, 0.2) is 8.32 Å². The third-order valence-electron chi connectivity index (χ3n) is 6.86. The molecule has 0 aliphatic heterocycles. The number of allylic oxidation sites excluding steroid dienone is 8. The zero-order valence-electron chi connectivity index (χ0n) is 22.0. The van der Waals surface area contributed by atoms with Gasteiger partial charge in [0.2, 0.25) is 0 Å². The van der Waals surface area contributed by atoms with Gasteiger partial charge in [-0.15, -0.1) is 0 Å². The summed E-state index contributed by atoms with van der Waals surface area (Å²) in [6, 6.07) is 3.57. The van der Waals surface area contributed by atoms with Crippen molar-refractivity contribution in [1.82, 2.24) is 0 Å². The van der Waals surface area contributed by atoms with Gasteiger partial charge in [-0.1, -0.05) is 70.6 Å². The Morgan fingerprint density at radius 2 is 1.69 bits per heavy atom. The number of rotatable bonds is 11. The van der Waals surface area contributed by atoms with E-state index in [1.165, 1.54) is 40.9 Å². The number of hydrogen-bond donors (Lipinski definition) is 0. The number of esters is 1. The maximum Gasteiger partial charge on any atom is 0.330 e. The molecule has 1 rings (SSSR count). The molecular formula is C28H46O3Si. The van der Waals surface area contributed by atoms with Crippen molar-refractivity contribution in [1.29, 1.82) is 0 Å². The Hall–Kier alpha value is -1.65. The number of carbonyl (C=O) groups is 1. The van der Waals surface area contributed by atoms with E-state index in [9.17, 15) is 4.79 Å². The normalized spacial score (nSPS) is 20.5. The van der Waals surface area contributed by atoms with Gasteiger partial charge in [0.1, 0.15) is 0 Å². The van der Waals surface area contributed by atoms with E-state index in [1.807, 2.05) is 26.0 Å². The van der Waals surface area contributed by atoms with E-state index < -0.39 is 8.32 Å². The lowest BCUT2D eigenvalue weighted by Crippen LogP contribution is -2.42. The summed E-state index contributed by atoms with van der Waals surface area (Å²) in [7, 11) is -1.63. The van der Waals surface area contributed by atoms with Crippen LogP contribution in [0.5, 0.6) is 0 Å². The van der Waals surface area contributed by atoms with E-state index in [4.69, 9.17) is 9.16 Å². The molecule has 0 N–H and O–H groups in total. The molecule has 0 aromatic carbocycles. The Bertz CT molecular complexity index is 768. The first kappa shape index (κ1) is 28.4. The van der Waals surface area contributed by atoms with Crippen LogP contribution >= 0.6 is 0 Å². The molecule has 1 aliphatic carbocycles. The van der Waals surface area contributed by atoms with Gasteiger partial charge in [-0.3, -0.25) is 0 Å². The van der Waals surface area contributed by atoms with E-state index in [-0.39, 0.29) is 17.5 Å². The first-order chi connectivity index (χ1) is 15.0. The number of hydrogen-bond acceptors (Lipinski definition) is 3. The van der Waals surface area contributed by atoms with Crippen molar-refractivity contribution in [3.05, 3.63) is 58.7 Å². The lowest BCUT2D eigenvalue weighted by molar-refractivity contribution is -0.137. The van der Waals surface area contributed by atoms with Gasteiger partial charge in [0.05, 0.1) is 12.7 Å². The molecule has 0 saturated carbocycles. The van der Waals surface area contributed by atoms with Crippen LogP contribution < -0.4 is 0 Å². The zero-order chi connectivity index (χ0) is 24.4. The summed E-state index contributed by atoms with van der Waals surface area (Å²) in [4.78, 5) is 11.5. The summed E-state index contributed by atoms with van der Waals surface area (Å²) >= 11 is 0. The van der Waals surface area contributed by atoms with E-state index in [2.05, 4.69) is 66.7 Å². The second kappa shape index (κ2) is 13.2. The molecule has 0 saturated heterocycles. The van der Waals surface area contributed by atoms with Crippen LogP contribution in [0.2, 0.25) is 18.1 Å². The first-order valence-corrected chi connectivity index (χ1v) is 14.8. The summed E-state index contributed by atoms with van der Waals surface area (Å²) in [6.45, 7) is 20.1. The Labute approximate surface area is 198 Å². The monoisotopic (exact) mass is 458 g/mol. The van der Waals surface area contributed by atoms with Crippen LogP contribution in [0, 0.1) is 5.41 Å². The fourth-order valence-electron chi connectivity index (χ4n) is 4.40. The summed E-state index contributed by atoms with van der Waals surface area (Å²) in [5.41, 5.74) is 5.02. The maximum atomic E-state index is 11.5. The van der Waals surface area contributed by atoms with Gasteiger partial charge in [0, 0.05) is 6.08 Å². The zero-order valence-corrected chi connectivity index (χ0v) is 23.0. The van der Waals surface area contributed by atoms with Crippen molar-refractivity contribution in [2.24, 2.45) is 5.41 Å². The molecule has 0 amide bonds. The van der Waals surface area contributed by atoms with Crippen molar-refractivity contribution in [3.8, 4) is 0 Å². The molecule has 3 nitrogen and oxygen atoms in total. The molecule has 4 heteroatoms. The topological polar surface area (TPSA) is 35.5 Å². The van der Waals surface area contributed by atoms with Crippen molar-refractivity contribution in [3.63, 3.8) is 0 Å². The Morgan fingerprint density at radius 1 is 1.06 bits per heavy atom. The van der Waals surface area contributed by atoms with E-state index in [1.54, 1.807) is 0 Å². The maximum absolute atomic E-state index is 11.5. The molecule has 0 spiro atoms. The highest BCUT2D eigenvalue weighted by atomic mass is 28.4. The predicted octanol–water partition coefficient (Wildman–Crippen LogP) is 8.08. The summed E-state index contributed by atoms with van der Waals surface area (Å²) in [5, 5.41) is 0. The lowest BCUT2D eigenvalue weighted by atomic mass is 9.71. The molecule has 0 heterocycles. The molecule has 1 unspecified atom stereocenters. The predicted molar refractivity (Wildman–Crippen MR) is 140 cm³/mol. The highest BCUT2D eigenvalue weighted by Gasteiger charge is 2.37. The number of ether oxygens (including phenoxy) is 1. The Morgan fingerprint density at radius 3 is 2.25 bits per heavy atom. The van der Waals surface area contributed by atoms with Gasteiger partial charge in [0.25, 0.3) is 0 Å². The van der Waals surface area contributed by atoms with Crippen molar-refractivity contribution < 1.29 is 14.0 Å². The second-order valence-electron chi connectivity index (χ2n) is 9.61. The third kappa shape index (κ3) is 8.36. The molecule has 0 radical (unpaired) electrons. The molecule has 0 fully saturated rings. The minimum Gasteiger partial charge on any atom is -0.463 e. The Kier molecular flexibility index (Phi) is 11.7. The van der Waals surface area contributed by atoms with Crippen molar-refractivity contribution >= 4 is 14.3 Å². The minimum atomic E-state index is -1.63. The average molecular weight is 459 g/mol. The first-order valence-electron chi connectivity index (χ1n) is 12.3. The molecular weight excluding hydrogens is 412 g/mol. The van der Waals surface area contributed by atoms with Crippen molar-refractivity contribution in [2.75, 3.05) is 6.61 Å². The van der Waals surface area contributed by atoms with E-state index in [0.717, 1.165) is 18.4 Å². The summed E-state index contributed by atoms with van der Waals surface area (Å²) < 4.78 is 11.8. The van der Waals surface area contributed by atoms with Crippen LogP contribution in [0.1, 0.15) is 75.2 Å². The largest absolute Gasteiger partial charge is 0.463 e. The lowest BCUT2D eigenvalue weighted by Gasteiger charge is -2.41. The SMILES string of the molecule is CCOC(=O)/C=C(C)/C=C/C=C(C)/C=C/C1=C(C)C(O[Si](CC)(CC)CC)CCC1(C)C. The fourth-order valence-corrected chi connectivity index (χ4v) is 7.29. The van der Waals surface area contributed by atoms with Gasteiger partial charge in [-0.05, 0) is 80.8 Å². The smallest absolute Gasteiger partial charge is 0.330 e. The second-order valence-corrected chi connectivity index (χ2v) is 14.3. The average Bonchev–Trinajstić information content (AvgIpc) is 2.73. The van der Waals surface area contributed by atoms with E-state index in [0.29, 0.717) is 6.61 Å². The summed E-state index contributed by atoms with van der Waals surface area (Å²) in [5.74, 6) is -0.296. The quantitative estimate of drug-likeness (QED) is 0.136. The van der Waals surface area contributed by atoms with Crippen LogP contribution in [0.25, 0.3) is 0 Å². The molecule has 0 aromatic rings. The molecule has 32 heavy (non-hydrogen) atoms. The number of carbonyl (C=O) groups excluding carboxylic acids is 1. The van der Waals surface area contributed by atoms with Crippen LogP contribution in [-0.2, 0) is 14.0 Å². The van der Waals surface area contributed by atoms with Gasteiger partial charge in [-0.25, -0.2) is 4.79 Å². The molecule has 1 aliphatic rings. The van der Waals surface area contributed by atoms with Crippen LogP contribution in [0.4, 0.5) is 0 Å².